The maximum atomic E-state index is 11.6. The number of rotatable bonds is 25. The van der Waals surface area contributed by atoms with Crippen LogP contribution in [0, 0.1) is 43.8 Å². The molecule has 7 N–H and O–H groups in total. The lowest BCUT2D eigenvalue weighted by molar-refractivity contribution is -0.322. The molecule has 4 aliphatic rings. The van der Waals surface area contributed by atoms with Gasteiger partial charge in [-0.3, -0.25) is 0 Å². The first-order chi connectivity index (χ1) is 24.8. The lowest BCUT2D eigenvalue weighted by Gasteiger charge is -2.60. The van der Waals surface area contributed by atoms with E-state index in [1.54, 1.807) is 0 Å². The van der Waals surface area contributed by atoms with Gasteiger partial charge in [-0.15, -0.1) is 0 Å². The van der Waals surface area contributed by atoms with Gasteiger partial charge in [0.2, 0.25) is 0 Å². The van der Waals surface area contributed by atoms with Crippen molar-refractivity contribution in [3.63, 3.8) is 0 Å². The summed E-state index contributed by atoms with van der Waals surface area (Å²) >= 11 is 0. The second-order valence-corrected chi connectivity index (χ2v) is 18.6. The van der Waals surface area contributed by atoms with Crippen molar-refractivity contribution < 1.29 is 64.5 Å². The van der Waals surface area contributed by atoms with Crippen molar-refractivity contribution in [2.75, 3.05) is 99.1 Å². The topological polar surface area (TPSA) is 197 Å². The van der Waals surface area contributed by atoms with Gasteiger partial charge in [0.25, 0.3) is 0 Å². The molecular formula is C39H72O13. The van der Waals surface area contributed by atoms with Crippen LogP contribution in [0.2, 0.25) is 0 Å². The summed E-state index contributed by atoms with van der Waals surface area (Å²) in [6.07, 6.45) is 8.06. The van der Waals surface area contributed by atoms with Gasteiger partial charge < -0.3 is 54.7 Å². The Kier molecular flexibility index (Phi) is 16.2. The lowest BCUT2D eigenvalue weighted by Crippen LogP contribution is -2.56. The van der Waals surface area contributed by atoms with Crippen LogP contribution in [0.15, 0.2) is 0 Å². The highest BCUT2D eigenvalue weighted by atomic mass is 17.2. The molecule has 0 radical (unpaired) electrons. The quantitative estimate of drug-likeness (QED) is 0.0312. The lowest BCUT2D eigenvalue weighted by atomic mass is 9.47. The van der Waals surface area contributed by atoms with Crippen molar-refractivity contribution in [1.29, 1.82) is 0 Å². The number of fused-ring (bicyclic) bond motifs is 4. The summed E-state index contributed by atoms with van der Waals surface area (Å²) in [7, 11) is 0. The van der Waals surface area contributed by atoms with Crippen molar-refractivity contribution in [1.82, 2.24) is 0 Å². The molecule has 13 heteroatoms. The predicted molar refractivity (Wildman–Crippen MR) is 192 cm³/mol. The van der Waals surface area contributed by atoms with Crippen molar-refractivity contribution >= 4 is 0 Å². The Bertz CT molecular complexity index is 1030. The molecule has 4 saturated carbocycles. The van der Waals surface area contributed by atoms with Gasteiger partial charge in [0, 0.05) is 37.8 Å². The van der Waals surface area contributed by atoms with Gasteiger partial charge in [0.05, 0.1) is 66.1 Å². The second kappa shape index (κ2) is 19.1. The molecule has 4 fully saturated rings. The Morgan fingerprint density at radius 3 is 1.65 bits per heavy atom. The van der Waals surface area contributed by atoms with Gasteiger partial charge in [-0.2, -0.15) is 0 Å². The molecule has 0 heterocycles. The first-order valence-corrected chi connectivity index (χ1v) is 19.7. The van der Waals surface area contributed by atoms with Crippen LogP contribution in [0.3, 0.4) is 0 Å². The third-order valence-corrected chi connectivity index (χ3v) is 13.1. The van der Waals surface area contributed by atoms with Crippen LogP contribution in [0.25, 0.3) is 0 Å². The monoisotopic (exact) mass is 748 g/mol. The summed E-state index contributed by atoms with van der Waals surface area (Å²) in [5.74, 6) is -0.239. The highest BCUT2D eigenvalue weighted by Gasteiger charge is 2.59. The molecule has 4 aliphatic carbocycles. The summed E-state index contributed by atoms with van der Waals surface area (Å²) in [5, 5.41) is 71.8. The Balaban J connectivity index is 1.31. The number of hydrogen-bond acceptors (Lipinski definition) is 13. The minimum absolute atomic E-state index is 0.00138. The zero-order valence-electron chi connectivity index (χ0n) is 32.3. The standard InChI is InChI=1S/C39H72O13/c1-4-35(27-47-10-8-40,28-48-11-9-41)29-49-12-13-51-52-26-34(3)18-36(23-43)6-5-7-37(19-34,20-36)30-50-32(46)31-14-38(24-44)16-33(2,22-42)17-39(15-31,21-38)25-45/h31-32,40-46H,4-30H2,1-3H3. The fraction of sp³-hybridized carbons (Fsp3) is 1.00. The molecule has 52 heavy (non-hydrogen) atoms. The average Bonchev–Trinajstić information content (AvgIpc) is 3.12. The van der Waals surface area contributed by atoms with E-state index < -0.39 is 22.5 Å². The smallest absolute Gasteiger partial charge is 0.157 e. The molecular weight excluding hydrogens is 676 g/mol. The number of aliphatic hydroxyl groups excluding tert-OH is 7. The van der Waals surface area contributed by atoms with Gasteiger partial charge in [-0.1, -0.05) is 27.2 Å². The van der Waals surface area contributed by atoms with E-state index in [1.165, 1.54) is 0 Å². The zero-order chi connectivity index (χ0) is 38.0. The summed E-state index contributed by atoms with van der Waals surface area (Å²) in [6.45, 7) is 8.82. The minimum atomic E-state index is -1.04. The largest absolute Gasteiger partial charge is 0.396 e. The first kappa shape index (κ1) is 44.2. The molecule has 4 rings (SSSR count). The highest BCUT2D eigenvalue weighted by Crippen LogP contribution is 2.64. The van der Waals surface area contributed by atoms with Crippen LogP contribution in [-0.4, -0.2) is 141 Å². The van der Waals surface area contributed by atoms with E-state index >= 15 is 0 Å². The van der Waals surface area contributed by atoms with Crippen molar-refractivity contribution in [3.05, 3.63) is 0 Å². The van der Waals surface area contributed by atoms with E-state index in [1.807, 2.05) is 13.8 Å². The van der Waals surface area contributed by atoms with Crippen LogP contribution in [0.4, 0.5) is 0 Å². The van der Waals surface area contributed by atoms with Gasteiger partial charge >= 0.3 is 0 Å². The molecule has 6 atom stereocenters. The molecule has 306 valence electrons. The molecule has 0 spiro atoms. The average molecular weight is 749 g/mol. The van der Waals surface area contributed by atoms with E-state index in [-0.39, 0.29) is 87.0 Å². The van der Waals surface area contributed by atoms with E-state index in [9.17, 15) is 25.5 Å². The predicted octanol–water partition coefficient (Wildman–Crippen LogP) is 2.59. The zero-order valence-corrected chi connectivity index (χ0v) is 32.3. The van der Waals surface area contributed by atoms with Crippen molar-refractivity contribution in [3.8, 4) is 0 Å². The van der Waals surface area contributed by atoms with Crippen LogP contribution >= 0.6 is 0 Å². The minimum Gasteiger partial charge on any atom is -0.396 e. The SMILES string of the molecule is CCC(COCCO)(COCCO)COCCOOCC1(C)CC2(CO)CCCC(COC(O)C3CC4(CO)CC(C)(CO)CC(CO)(C3)C4)(C1)C2. The fourth-order valence-electron chi connectivity index (χ4n) is 11.5. The maximum absolute atomic E-state index is 11.6. The number of hydrogen-bond donors (Lipinski definition) is 7. The Hall–Kier alpha value is -0.520. The van der Waals surface area contributed by atoms with Gasteiger partial charge in [0.15, 0.2) is 6.29 Å². The maximum Gasteiger partial charge on any atom is 0.157 e. The molecule has 0 amide bonds. The summed E-state index contributed by atoms with van der Waals surface area (Å²) < 4.78 is 23.6. The molecule has 4 bridgehead atoms. The van der Waals surface area contributed by atoms with Crippen LogP contribution in [-0.2, 0) is 28.7 Å². The van der Waals surface area contributed by atoms with Gasteiger partial charge in [-0.25, -0.2) is 9.78 Å². The van der Waals surface area contributed by atoms with Crippen LogP contribution < -0.4 is 0 Å². The van der Waals surface area contributed by atoms with E-state index in [4.69, 9.17) is 38.9 Å². The van der Waals surface area contributed by atoms with E-state index in [0.717, 1.165) is 44.9 Å². The molecule has 13 nitrogen and oxygen atoms in total. The van der Waals surface area contributed by atoms with Gasteiger partial charge in [-0.05, 0) is 103 Å². The molecule has 6 unspecified atom stereocenters. The van der Waals surface area contributed by atoms with E-state index in [2.05, 4.69) is 6.92 Å². The van der Waals surface area contributed by atoms with Crippen molar-refractivity contribution in [2.24, 2.45) is 43.8 Å². The number of aliphatic hydroxyl groups is 7. The molecule has 0 aromatic rings. The first-order valence-electron chi connectivity index (χ1n) is 19.7. The summed E-state index contributed by atoms with van der Waals surface area (Å²) in [4.78, 5) is 11.4. The summed E-state index contributed by atoms with van der Waals surface area (Å²) in [6, 6.07) is 0. The van der Waals surface area contributed by atoms with Crippen LogP contribution in [0.1, 0.15) is 97.8 Å². The molecule has 0 aromatic carbocycles. The normalized spacial score (nSPS) is 36.9. The molecule has 0 aliphatic heterocycles. The van der Waals surface area contributed by atoms with Gasteiger partial charge in [0.1, 0.15) is 6.61 Å². The molecule has 0 aromatic heterocycles. The fourth-order valence-corrected chi connectivity index (χ4v) is 11.5. The number of ether oxygens (including phenoxy) is 4. The second-order valence-electron chi connectivity index (χ2n) is 18.6. The van der Waals surface area contributed by atoms with Crippen LogP contribution in [0.5, 0.6) is 0 Å². The van der Waals surface area contributed by atoms with Crippen molar-refractivity contribution in [2.45, 2.75) is 104 Å². The third kappa shape index (κ3) is 11.1. The molecule has 0 saturated heterocycles. The Morgan fingerprint density at radius 2 is 1.12 bits per heavy atom. The Morgan fingerprint density at radius 1 is 0.596 bits per heavy atom. The van der Waals surface area contributed by atoms with E-state index in [0.29, 0.717) is 71.7 Å². The highest BCUT2D eigenvalue weighted by molar-refractivity contribution is 5.08. The Labute approximate surface area is 311 Å². The third-order valence-electron chi connectivity index (χ3n) is 13.1. The summed E-state index contributed by atoms with van der Waals surface area (Å²) in [5.41, 5.74) is -2.55.